The molecule has 2 N–H and O–H groups in total. The van der Waals surface area contributed by atoms with Gasteiger partial charge in [-0.15, -0.1) is 0 Å². The molecular formula is C20H19ClN4O. The molecule has 3 rings (SSSR count). The fourth-order valence-corrected chi connectivity index (χ4v) is 2.57. The Morgan fingerprint density at radius 3 is 2.62 bits per heavy atom. The van der Waals surface area contributed by atoms with E-state index in [1.165, 1.54) is 5.56 Å². The van der Waals surface area contributed by atoms with Gasteiger partial charge in [0.15, 0.2) is 0 Å². The van der Waals surface area contributed by atoms with E-state index in [-0.39, 0.29) is 5.91 Å². The van der Waals surface area contributed by atoms with E-state index < -0.39 is 0 Å². The van der Waals surface area contributed by atoms with Crippen molar-refractivity contribution in [3.05, 3.63) is 88.2 Å². The maximum Gasteiger partial charge on any atom is 0.270 e. The van der Waals surface area contributed by atoms with Gasteiger partial charge in [0.25, 0.3) is 5.91 Å². The van der Waals surface area contributed by atoms with Crippen LogP contribution >= 0.6 is 11.6 Å². The third-order valence-electron chi connectivity index (χ3n) is 3.79. The van der Waals surface area contributed by atoms with Crippen LogP contribution in [0.3, 0.4) is 0 Å². The summed E-state index contributed by atoms with van der Waals surface area (Å²) in [5, 5.41) is 6.66. The second-order valence-electron chi connectivity index (χ2n) is 5.92. The first-order chi connectivity index (χ1) is 12.6. The van der Waals surface area contributed by atoms with Gasteiger partial charge in [-0.3, -0.25) is 4.79 Å². The molecule has 2 aromatic carbocycles. The molecule has 0 unspecified atom stereocenters. The van der Waals surface area contributed by atoms with Crippen LogP contribution in [0.15, 0.2) is 60.8 Å². The third-order valence-corrected chi connectivity index (χ3v) is 4.04. The molecule has 0 saturated carbocycles. The van der Waals surface area contributed by atoms with Gasteiger partial charge in [0.2, 0.25) is 5.95 Å². The molecule has 1 amide bonds. The zero-order valence-corrected chi connectivity index (χ0v) is 15.1. The predicted molar refractivity (Wildman–Crippen MR) is 103 cm³/mol. The SMILES string of the molecule is Cc1cccc(CNc2nccc(C(=O)NCc3ccc(Cl)cc3)n2)c1. The van der Waals surface area contributed by atoms with Gasteiger partial charge in [-0.05, 0) is 36.2 Å². The van der Waals surface area contributed by atoms with Crippen molar-refractivity contribution in [1.82, 2.24) is 15.3 Å². The van der Waals surface area contributed by atoms with Crippen molar-refractivity contribution >= 4 is 23.5 Å². The lowest BCUT2D eigenvalue weighted by Crippen LogP contribution is -2.24. The van der Waals surface area contributed by atoms with E-state index in [0.29, 0.717) is 29.8 Å². The molecule has 1 aromatic heterocycles. The van der Waals surface area contributed by atoms with Gasteiger partial charge in [0.1, 0.15) is 5.69 Å². The Morgan fingerprint density at radius 1 is 1.04 bits per heavy atom. The highest BCUT2D eigenvalue weighted by Gasteiger charge is 2.08. The summed E-state index contributed by atoms with van der Waals surface area (Å²) in [4.78, 5) is 20.8. The number of halogens is 1. The summed E-state index contributed by atoms with van der Waals surface area (Å²) in [5.74, 6) is 0.173. The van der Waals surface area contributed by atoms with Crippen LogP contribution in [0.5, 0.6) is 0 Å². The summed E-state index contributed by atoms with van der Waals surface area (Å²) in [6.45, 7) is 3.05. The normalized spacial score (nSPS) is 10.4. The molecule has 5 nitrogen and oxygen atoms in total. The number of hydrogen-bond donors (Lipinski definition) is 2. The summed E-state index contributed by atoms with van der Waals surface area (Å²) in [5.41, 5.74) is 3.61. The molecule has 0 aliphatic rings. The van der Waals surface area contributed by atoms with Gasteiger partial charge in [-0.1, -0.05) is 53.6 Å². The van der Waals surface area contributed by atoms with Crippen LogP contribution in [0, 0.1) is 6.92 Å². The third kappa shape index (κ3) is 5.04. The average molecular weight is 367 g/mol. The van der Waals surface area contributed by atoms with E-state index in [4.69, 9.17) is 11.6 Å². The summed E-state index contributed by atoms with van der Waals surface area (Å²) in [6.07, 6.45) is 1.57. The number of aromatic nitrogens is 2. The van der Waals surface area contributed by atoms with Crippen LogP contribution in [0.2, 0.25) is 5.02 Å². The molecule has 0 aliphatic heterocycles. The molecule has 0 bridgehead atoms. The van der Waals surface area contributed by atoms with Crippen LogP contribution in [-0.4, -0.2) is 15.9 Å². The molecule has 3 aromatic rings. The number of benzene rings is 2. The molecule has 0 radical (unpaired) electrons. The largest absolute Gasteiger partial charge is 0.350 e. The second-order valence-corrected chi connectivity index (χ2v) is 6.35. The lowest BCUT2D eigenvalue weighted by Gasteiger charge is -2.08. The van der Waals surface area contributed by atoms with Crippen molar-refractivity contribution < 1.29 is 4.79 Å². The van der Waals surface area contributed by atoms with Crippen molar-refractivity contribution in [2.75, 3.05) is 5.32 Å². The van der Waals surface area contributed by atoms with Gasteiger partial charge >= 0.3 is 0 Å². The molecule has 0 aliphatic carbocycles. The predicted octanol–water partition coefficient (Wildman–Crippen LogP) is 3.98. The molecule has 0 fully saturated rings. The number of hydrogen-bond acceptors (Lipinski definition) is 4. The van der Waals surface area contributed by atoms with Crippen molar-refractivity contribution in [3.8, 4) is 0 Å². The zero-order valence-electron chi connectivity index (χ0n) is 14.4. The highest BCUT2D eigenvalue weighted by Crippen LogP contribution is 2.10. The minimum Gasteiger partial charge on any atom is -0.350 e. The number of nitrogens with one attached hydrogen (secondary N) is 2. The molecule has 26 heavy (non-hydrogen) atoms. The highest BCUT2D eigenvalue weighted by atomic mass is 35.5. The minimum absolute atomic E-state index is 0.249. The molecule has 1 heterocycles. The first-order valence-corrected chi connectivity index (χ1v) is 8.63. The number of carbonyl (C=O) groups excluding carboxylic acids is 1. The summed E-state index contributed by atoms with van der Waals surface area (Å²) in [6, 6.07) is 17.1. The van der Waals surface area contributed by atoms with Crippen LogP contribution in [0.1, 0.15) is 27.2 Å². The van der Waals surface area contributed by atoms with Crippen LogP contribution in [0.4, 0.5) is 5.95 Å². The number of amides is 1. The van der Waals surface area contributed by atoms with Crippen LogP contribution < -0.4 is 10.6 Å². The Hall–Kier alpha value is -2.92. The minimum atomic E-state index is -0.249. The fourth-order valence-electron chi connectivity index (χ4n) is 2.45. The molecule has 6 heteroatoms. The van der Waals surface area contributed by atoms with E-state index in [9.17, 15) is 4.79 Å². The number of rotatable bonds is 6. The lowest BCUT2D eigenvalue weighted by molar-refractivity contribution is 0.0946. The quantitative estimate of drug-likeness (QED) is 0.692. The van der Waals surface area contributed by atoms with Crippen molar-refractivity contribution in [1.29, 1.82) is 0 Å². The topological polar surface area (TPSA) is 66.9 Å². The lowest BCUT2D eigenvalue weighted by atomic mass is 10.1. The Morgan fingerprint density at radius 2 is 1.85 bits per heavy atom. The Kier molecular flexibility index (Phi) is 5.81. The Balaban J connectivity index is 1.59. The fraction of sp³-hybridized carbons (Fsp3) is 0.150. The van der Waals surface area contributed by atoms with Crippen molar-refractivity contribution in [2.24, 2.45) is 0 Å². The number of nitrogens with zero attached hydrogens (tertiary/aromatic N) is 2. The summed E-state index contributed by atoms with van der Waals surface area (Å²) >= 11 is 5.86. The van der Waals surface area contributed by atoms with E-state index in [0.717, 1.165) is 11.1 Å². The van der Waals surface area contributed by atoms with Crippen molar-refractivity contribution in [3.63, 3.8) is 0 Å². The standard InChI is InChI=1S/C20H19ClN4O/c1-14-3-2-4-16(11-14)13-24-20-22-10-9-18(25-20)19(26)23-12-15-5-7-17(21)8-6-15/h2-11H,12-13H2,1H3,(H,23,26)(H,22,24,25). The summed E-state index contributed by atoms with van der Waals surface area (Å²) < 4.78 is 0. The zero-order chi connectivity index (χ0) is 18.4. The number of carbonyl (C=O) groups is 1. The van der Waals surface area contributed by atoms with Crippen LogP contribution in [0.25, 0.3) is 0 Å². The molecular weight excluding hydrogens is 348 g/mol. The smallest absolute Gasteiger partial charge is 0.270 e. The first-order valence-electron chi connectivity index (χ1n) is 8.25. The monoisotopic (exact) mass is 366 g/mol. The van der Waals surface area contributed by atoms with Crippen molar-refractivity contribution in [2.45, 2.75) is 20.0 Å². The van der Waals surface area contributed by atoms with Gasteiger partial charge < -0.3 is 10.6 Å². The molecule has 132 valence electrons. The Bertz CT molecular complexity index is 896. The highest BCUT2D eigenvalue weighted by molar-refractivity contribution is 6.30. The van der Waals surface area contributed by atoms with Gasteiger partial charge in [0.05, 0.1) is 0 Å². The van der Waals surface area contributed by atoms with Gasteiger partial charge in [0, 0.05) is 24.3 Å². The average Bonchev–Trinajstić information content (AvgIpc) is 2.66. The number of aryl methyl sites for hydroxylation is 1. The van der Waals surface area contributed by atoms with E-state index in [1.54, 1.807) is 24.4 Å². The van der Waals surface area contributed by atoms with Gasteiger partial charge in [-0.2, -0.15) is 0 Å². The van der Waals surface area contributed by atoms with E-state index in [1.807, 2.05) is 37.3 Å². The second kappa shape index (κ2) is 8.45. The maximum atomic E-state index is 12.3. The van der Waals surface area contributed by atoms with E-state index >= 15 is 0 Å². The summed E-state index contributed by atoms with van der Waals surface area (Å²) in [7, 11) is 0. The van der Waals surface area contributed by atoms with Crippen LogP contribution in [-0.2, 0) is 13.1 Å². The first kappa shape index (κ1) is 17.9. The number of anilines is 1. The molecule has 0 atom stereocenters. The molecule has 0 spiro atoms. The maximum absolute atomic E-state index is 12.3. The van der Waals surface area contributed by atoms with E-state index in [2.05, 4.69) is 26.7 Å². The molecule has 0 saturated heterocycles. The Labute approximate surface area is 157 Å². The van der Waals surface area contributed by atoms with Gasteiger partial charge in [-0.25, -0.2) is 9.97 Å².